The summed E-state index contributed by atoms with van der Waals surface area (Å²) in [4.78, 5) is 73.3. The van der Waals surface area contributed by atoms with Crippen molar-refractivity contribution in [2.45, 2.75) is 490 Å². The van der Waals surface area contributed by atoms with Crippen LogP contribution in [0, 0.1) is 11.8 Å². The standard InChI is InChI=1S/C88H172O17P2/c1-7-10-12-14-16-18-20-22-24-26-28-30-32-34-39-43-47-53-60-66-72-87(92)104-83(76-98-85(90)70-64-58-52-46-42-38-33-31-29-27-25-23-21-19-17-15-13-11-8-2)78-102-106(94,95)100-74-82(89)75-101-107(96,97)103-79-84(77-99-86(91)71-65-59-55-49-50-56-62-68-80(4)5)105-88(93)73-67-61-54-48-44-40-36-35-37-41-45-51-57-63-69-81(6)9-3/h80-84,89H,7-79H2,1-6H3,(H,94,95)(H,96,97)/t81?,82-,83-,84-/m1/s1. The zero-order valence-electron chi connectivity index (χ0n) is 70.5. The van der Waals surface area contributed by atoms with Crippen LogP contribution in [0.25, 0.3) is 0 Å². The van der Waals surface area contributed by atoms with E-state index < -0.39 is 97.5 Å². The molecule has 19 heteroatoms. The summed E-state index contributed by atoms with van der Waals surface area (Å²) in [6.45, 7) is 9.68. The van der Waals surface area contributed by atoms with Crippen LogP contribution < -0.4 is 0 Å². The minimum Gasteiger partial charge on any atom is -0.462 e. The van der Waals surface area contributed by atoms with E-state index in [1.54, 1.807) is 0 Å². The van der Waals surface area contributed by atoms with Gasteiger partial charge in [0.25, 0.3) is 0 Å². The quantitative estimate of drug-likeness (QED) is 0.0222. The van der Waals surface area contributed by atoms with Gasteiger partial charge in [0.1, 0.15) is 19.3 Å². The van der Waals surface area contributed by atoms with Gasteiger partial charge in [-0.25, -0.2) is 9.13 Å². The van der Waals surface area contributed by atoms with E-state index in [0.717, 1.165) is 102 Å². The lowest BCUT2D eigenvalue weighted by molar-refractivity contribution is -0.161. The van der Waals surface area contributed by atoms with Crippen LogP contribution in [0.2, 0.25) is 0 Å². The van der Waals surface area contributed by atoms with E-state index in [2.05, 4.69) is 41.5 Å². The maximum atomic E-state index is 13.2. The van der Waals surface area contributed by atoms with Gasteiger partial charge in [0.15, 0.2) is 12.2 Å². The Kier molecular flexibility index (Phi) is 77.9. The van der Waals surface area contributed by atoms with Crippen LogP contribution >= 0.6 is 15.6 Å². The average molecular weight is 1560 g/mol. The summed E-state index contributed by atoms with van der Waals surface area (Å²) in [7, 11) is -9.93. The Morgan fingerprint density at radius 2 is 0.477 bits per heavy atom. The number of aliphatic hydroxyl groups is 1. The van der Waals surface area contributed by atoms with E-state index >= 15 is 0 Å². The number of hydrogen-bond donors (Lipinski definition) is 3. The van der Waals surface area contributed by atoms with Crippen molar-refractivity contribution in [1.29, 1.82) is 0 Å². The second-order valence-corrected chi connectivity index (χ2v) is 35.3. The van der Waals surface area contributed by atoms with E-state index in [1.165, 1.54) is 283 Å². The van der Waals surface area contributed by atoms with Crippen molar-refractivity contribution < 1.29 is 80.2 Å². The summed E-state index contributed by atoms with van der Waals surface area (Å²) in [6, 6.07) is 0. The van der Waals surface area contributed by atoms with Crippen LogP contribution in [0.15, 0.2) is 0 Å². The molecule has 0 aromatic carbocycles. The highest BCUT2D eigenvalue weighted by Crippen LogP contribution is 2.45. The van der Waals surface area contributed by atoms with Gasteiger partial charge in [0.2, 0.25) is 0 Å². The minimum atomic E-state index is -4.97. The highest BCUT2D eigenvalue weighted by molar-refractivity contribution is 7.47. The molecule has 0 spiro atoms. The predicted octanol–water partition coefficient (Wildman–Crippen LogP) is 27.0. The van der Waals surface area contributed by atoms with Gasteiger partial charge >= 0.3 is 39.5 Å². The first kappa shape index (κ1) is 105. The third kappa shape index (κ3) is 80.5. The Morgan fingerprint density at radius 3 is 0.710 bits per heavy atom. The summed E-state index contributed by atoms with van der Waals surface area (Å²) in [6.07, 6.45) is 72.3. The number of carbonyl (C=O) groups excluding carboxylic acids is 4. The summed E-state index contributed by atoms with van der Waals surface area (Å²) in [5.74, 6) is -0.550. The van der Waals surface area contributed by atoms with Gasteiger partial charge in [-0.05, 0) is 37.5 Å². The number of rotatable bonds is 87. The smallest absolute Gasteiger partial charge is 0.462 e. The van der Waals surface area contributed by atoms with E-state index in [-0.39, 0.29) is 25.7 Å². The monoisotopic (exact) mass is 1560 g/mol. The van der Waals surface area contributed by atoms with Gasteiger partial charge in [0, 0.05) is 25.7 Å². The van der Waals surface area contributed by atoms with Gasteiger partial charge in [-0.15, -0.1) is 0 Å². The van der Waals surface area contributed by atoms with E-state index in [4.69, 9.17) is 37.0 Å². The molecule has 0 aliphatic rings. The molecule has 0 amide bonds. The fourth-order valence-corrected chi connectivity index (χ4v) is 15.3. The first-order chi connectivity index (χ1) is 51.9. The first-order valence-electron chi connectivity index (χ1n) is 45.5. The van der Waals surface area contributed by atoms with Crippen LogP contribution in [0.3, 0.4) is 0 Å². The predicted molar refractivity (Wildman–Crippen MR) is 442 cm³/mol. The van der Waals surface area contributed by atoms with Gasteiger partial charge in [-0.3, -0.25) is 37.3 Å². The summed E-state index contributed by atoms with van der Waals surface area (Å²) in [5, 5.41) is 10.7. The van der Waals surface area contributed by atoms with Gasteiger partial charge in [-0.2, -0.15) is 0 Å². The normalized spacial score (nSPS) is 14.0. The van der Waals surface area contributed by atoms with Gasteiger partial charge in [-0.1, -0.05) is 420 Å². The van der Waals surface area contributed by atoms with E-state index in [9.17, 15) is 43.2 Å². The highest BCUT2D eigenvalue weighted by Gasteiger charge is 2.31. The van der Waals surface area contributed by atoms with Gasteiger partial charge < -0.3 is 33.8 Å². The summed E-state index contributed by atoms with van der Waals surface area (Å²) >= 11 is 0. The Bertz CT molecular complexity index is 2050. The molecule has 3 unspecified atom stereocenters. The maximum absolute atomic E-state index is 13.2. The van der Waals surface area contributed by atoms with Gasteiger partial charge in [0.05, 0.1) is 26.4 Å². The number of carbonyl (C=O) groups is 4. The van der Waals surface area contributed by atoms with Crippen molar-refractivity contribution >= 4 is 39.5 Å². The van der Waals surface area contributed by atoms with Crippen molar-refractivity contribution in [3.8, 4) is 0 Å². The van der Waals surface area contributed by atoms with Crippen molar-refractivity contribution in [2.75, 3.05) is 39.6 Å². The van der Waals surface area contributed by atoms with Crippen LogP contribution in [-0.4, -0.2) is 96.7 Å². The number of ether oxygens (including phenoxy) is 4. The number of phosphoric acid groups is 2. The minimum absolute atomic E-state index is 0.107. The molecule has 0 saturated carbocycles. The third-order valence-corrected chi connectivity index (χ3v) is 23.0. The molecule has 0 fully saturated rings. The number of aliphatic hydroxyl groups excluding tert-OH is 1. The lowest BCUT2D eigenvalue weighted by Gasteiger charge is -2.21. The number of esters is 4. The molecule has 0 aromatic rings. The van der Waals surface area contributed by atoms with Crippen molar-refractivity contribution in [1.82, 2.24) is 0 Å². The molecule has 0 saturated heterocycles. The van der Waals surface area contributed by atoms with Crippen LogP contribution in [0.1, 0.15) is 472 Å². The summed E-state index contributed by atoms with van der Waals surface area (Å²) in [5.41, 5.74) is 0. The van der Waals surface area contributed by atoms with E-state index in [0.29, 0.717) is 31.6 Å². The average Bonchev–Trinajstić information content (AvgIpc) is 0.901. The fraction of sp³-hybridized carbons (Fsp3) is 0.955. The Morgan fingerprint density at radius 1 is 0.271 bits per heavy atom. The lowest BCUT2D eigenvalue weighted by atomic mass is 9.99. The molecular weight excluding hydrogens is 1390 g/mol. The second kappa shape index (κ2) is 79.3. The largest absolute Gasteiger partial charge is 0.472 e. The molecule has 0 rings (SSSR count). The van der Waals surface area contributed by atoms with Crippen LogP contribution in [0.4, 0.5) is 0 Å². The molecule has 0 bridgehead atoms. The highest BCUT2D eigenvalue weighted by atomic mass is 31.2. The molecular formula is C88H172O17P2. The molecule has 0 aliphatic carbocycles. The van der Waals surface area contributed by atoms with Crippen molar-refractivity contribution in [3.63, 3.8) is 0 Å². The summed E-state index contributed by atoms with van der Waals surface area (Å²) < 4.78 is 69.0. The number of phosphoric ester groups is 2. The third-order valence-electron chi connectivity index (χ3n) is 21.1. The topological polar surface area (TPSA) is 237 Å². The molecule has 17 nitrogen and oxygen atoms in total. The maximum Gasteiger partial charge on any atom is 0.472 e. The van der Waals surface area contributed by atoms with Crippen molar-refractivity contribution in [3.05, 3.63) is 0 Å². The molecule has 0 aliphatic heterocycles. The second-order valence-electron chi connectivity index (χ2n) is 32.4. The molecule has 636 valence electrons. The Labute approximate surface area is 658 Å². The molecule has 0 heterocycles. The first-order valence-corrected chi connectivity index (χ1v) is 48.5. The molecule has 3 N–H and O–H groups in total. The SMILES string of the molecule is CCCCCCCCCCCCCCCCCCCCCCC(=O)O[C@H](COC(=O)CCCCCCCCCCCCCCCCCCCCC)COP(=O)(O)OC[C@@H](O)COP(=O)(O)OC[C@@H](COC(=O)CCCCCCCCCC(C)C)OC(=O)CCCCCCCCCCCCCCCCC(C)CC. The lowest BCUT2D eigenvalue weighted by Crippen LogP contribution is -2.30. The molecule has 6 atom stereocenters. The molecule has 0 radical (unpaired) electrons. The zero-order valence-corrected chi connectivity index (χ0v) is 72.2. The molecule has 107 heavy (non-hydrogen) atoms. The number of unbranched alkanes of at least 4 members (excludes halogenated alkanes) is 56. The van der Waals surface area contributed by atoms with Crippen LogP contribution in [0.5, 0.6) is 0 Å². The van der Waals surface area contributed by atoms with E-state index in [1.807, 2.05) is 0 Å². The fourth-order valence-electron chi connectivity index (χ4n) is 13.7. The van der Waals surface area contributed by atoms with Crippen molar-refractivity contribution in [2.24, 2.45) is 11.8 Å². The Balaban J connectivity index is 5.23. The van der Waals surface area contributed by atoms with Crippen LogP contribution in [-0.2, 0) is 65.4 Å². The number of hydrogen-bond acceptors (Lipinski definition) is 15. The molecule has 0 aromatic heterocycles. The Hall–Kier alpha value is -1.94. The zero-order chi connectivity index (χ0) is 78.5.